The summed E-state index contributed by atoms with van der Waals surface area (Å²) in [7, 11) is 0. The average Bonchev–Trinajstić information content (AvgIpc) is 3.83. The predicted octanol–water partition coefficient (Wildman–Crippen LogP) is 9.60. The van der Waals surface area contributed by atoms with Gasteiger partial charge in [-0.05, 0) is 103 Å². The number of para-hydroxylation sites is 3. The summed E-state index contributed by atoms with van der Waals surface area (Å²) in [6.45, 7) is 0. The molecule has 0 spiro atoms. The Morgan fingerprint density at radius 3 is 1.58 bits per heavy atom. The van der Waals surface area contributed by atoms with Gasteiger partial charge in [-0.2, -0.15) is 0 Å². The molecule has 4 nitrogen and oxygen atoms in total. The third-order valence-electron chi connectivity index (χ3n) is 8.03. The molecule has 0 bridgehead atoms. The van der Waals surface area contributed by atoms with Gasteiger partial charge in [0.05, 0.1) is 22.8 Å². The molecule has 1 fully saturated rings. The summed E-state index contributed by atoms with van der Waals surface area (Å²) in [6, 6.07) is 42.5. The van der Waals surface area contributed by atoms with Crippen LogP contribution in [-0.4, -0.2) is 11.4 Å². The summed E-state index contributed by atoms with van der Waals surface area (Å²) in [5.74, 6) is 4.68. The smallest absolute Gasteiger partial charge is 0.127 e. The van der Waals surface area contributed by atoms with Crippen LogP contribution in [0.2, 0.25) is 0 Å². The van der Waals surface area contributed by atoms with Crippen molar-refractivity contribution in [3.8, 4) is 17.2 Å². The van der Waals surface area contributed by atoms with Crippen molar-refractivity contribution in [1.29, 1.82) is 0 Å². The summed E-state index contributed by atoms with van der Waals surface area (Å²) in [4.78, 5) is 10.5. The maximum absolute atomic E-state index is 6.17. The normalized spacial score (nSPS) is 18.0. The van der Waals surface area contributed by atoms with Gasteiger partial charge in [-0.15, -0.1) is 0 Å². The minimum atomic E-state index is 0.645. The second-order valence-corrected chi connectivity index (χ2v) is 11.0. The van der Waals surface area contributed by atoms with Crippen molar-refractivity contribution in [3.05, 3.63) is 174 Å². The molecule has 2 aliphatic carbocycles. The van der Waals surface area contributed by atoms with Gasteiger partial charge in [0.2, 0.25) is 0 Å². The van der Waals surface area contributed by atoms with Crippen molar-refractivity contribution < 1.29 is 9.47 Å². The number of hydrogen-bond donors (Lipinski definition) is 0. The lowest BCUT2D eigenvalue weighted by Crippen LogP contribution is -2.10. The third kappa shape index (κ3) is 5.20. The lowest BCUT2D eigenvalue weighted by Gasteiger charge is -2.18. The molecule has 2 unspecified atom stereocenters. The largest absolute Gasteiger partial charge is 0.458 e. The molecular formula is C39H28N2O2. The van der Waals surface area contributed by atoms with Crippen LogP contribution in [0.4, 0.5) is 11.4 Å². The van der Waals surface area contributed by atoms with E-state index in [9.17, 15) is 0 Å². The first-order chi connectivity index (χ1) is 21.3. The Morgan fingerprint density at radius 1 is 0.488 bits per heavy atom. The summed E-state index contributed by atoms with van der Waals surface area (Å²) in [6.07, 6.45) is 7.83. The van der Waals surface area contributed by atoms with Crippen LogP contribution in [0.15, 0.2) is 161 Å². The molecule has 1 aliphatic heterocycles. The molecule has 0 saturated heterocycles. The van der Waals surface area contributed by atoms with Crippen molar-refractivity contribution >= 4 is 22.8 Å². The first-order valence-electron chi connectivity index (χ1n) is 14.6. The van der Waals surface area contributed by atoms with E-state index >= 15 is 0 Å². The highest BCUT2D eigenvalue weighted by Crippen LogP contribution is 2.44. The standard InChI is InChI=1S/C39H28N2O2/c1-2-8-30(9-3-1)42-31-19-14-26(15-20-31)38-34-10-4-6-12-36(34)41-39(35-11-5-7-13-37(35)40-38)27-16-21-32(22-17-27)43-33-23-18-28-24-29(28)25-33/h1-23,25,28-29H,24H2. The zero-order valence-corrected chi connectivity index (χ0v) is 23.4. The highest BCUT2D eigenvalue weighted by atomic mass is 16.5. The highest BCUT2D eigenvalue weighted by molar-refractivity contribution is 6.22. The lowest BCUT2D eigenvalue weighted by atomic mass is 9.96. The molecule has 5 aromatic carbocycles. The van der Waals surface area contributed by atoms with Gasteiger partial charge in [-0.25, -0.2) is 9.98 Å². The second-order valence-electron chi connectivity index (χ2n) is 11.0. The van der Waals surface area contributed by atoms with Crippen molar-refractivity contribution in [2.45, 2.75) is 6.42 Å². The Balaban J connectivity index is 1.15. The summed E-state index contributed by atoms with van der Waals surface area (Å²) in [5.41, 5.74) is 7.43. The van der Waals surface area contributed by atoms with Gasteiger partial charge in [-0.1, -0.05) is 60.7 Å². The highest BCUT2D eigenvalue weighted by Gasteiger charge is 2.35. The summed E-state index contributed by atoms with van der Waals surface area (Å²) in [5, 5.41) is 0. The van der Waals surface area contributed by atoms with Crippen molar-refractivity contribution in [2.24, 2.45) is 21.8 Å². The number of ether oxygens (including phenoxy) is 2. The molecule has 0 amide bonds. The number of nitrogens with zero attached hydrogens (tertiary/aromatic N) is 2. The number of rotatable bonds is 6. The molecule has 5 aromatic rings. The van der Waals surface area contributed by atoms with Gasteiger partial charge in [0.25, 0.3) is 0 Å². The van der Waals surface area contributed by atoms with Gasteiger partial charge in [-0.3, -0.25) is 0 Å². The van der Waals surface area contributed by atoms with Gasteiger partial charge < -0.3 is 9.47 Å². The number of benzene rings is 5. The minimum absolute atomic E-state index is 0.645. The van der Waals surface area contributed by atoms with Gasteiger partial charge in [0, 0.05) is 22.3 Å². The molecule has 3 aliphatic rings. The van der Waals surface area contributed by atoms with E-state index in [4.69, 9.17) is 19.5 Å². The van der Waals surface area contributed by atoms with Crippen LogP contribution in [-0.2, 0) is 0 Å². The molecule has 0 N–H and O–H groups in total. The molecule has 4 heteroatoms. The monoisotopic (exact) mass is 556 g/mol. The van der Waals surface area contributed by atoms with Crippen LogP contribution in [0.1, 0.15) is 28.7 Å². The van der Waals surface area contributed by atoms with Crippen molar-refractivity contribution in [3.63, 3.8) is 0 Å². The van der Waals surface area contributed by atoms with Crippen molar-refractivity contribution in [1.82, 2.24) is 0 Å². The fourth-order valence-electron chi connectivity index (χ4n) is 5.67. The average molecular weight is 557 g/mol. The maximum Gasteiger partial charge on any atom is 0.127 e. The third-order valence-corrected chi connectivity index (χ3v) is 8.03. The minimum Gasteiger partial charge on any atom is -0.458 e. The van der Waals surface area contributed by atoms with E-state index in [0.717, 1.165) is 68.1 Å². The summed E-state index contributed by atoms with van der Waals surface area (Å²) >= 11 is 0. The predicted molar refractivity (Wildman–Crippen MR) is 172 cm³/mol. The van der Waals surface area contributed by atoms with E-state index in [2.05, 4.69) is 66.8 Å². The van der Waals surface area contributed by atoms with Gasteiger partial charge in [0.15, 0.2) is 0 Å². The maximum atomic E-state index is 6.17. The first kappa shape index (κ1) is 25.2. The molecule has 2 atom stereocenters. The Labute approximate surface area is 251 Å². The van der Waals surface area contributed by atoms with E-state index < -0.39 is 0 Å². The zero-order chi connectivity index (χ0) is 28.6. The van der Waals surface area contributed by atoms with Crippen LogP contribution in [0.5, 0.6) is 17.2 Å². The number of aliphatic imine (C=N–C) groups is 2. The Kier molecular flexibility index (Phi) is 6.30. The fraction of sp³-hybridized carbons (Fsp3) is 0.0769. The number of allylic oxidation sites excluding steroid dienone is 3. The van der Waals surface area contributed by atoms with E-state index in [0.29, 0.717) is 11.8 Å². The van der Waals surface area contributed by atoms with Gasteiger partial charge in [0.1, 0.15) is 23.0 Å². The van der Waals surface area contributed by atoms with Crippen LogP contribution in [0.25, 0.3) is 0 Å². The molecule has 1 heterocycles. The molecule has 8 rings (SSSR count). The first-order valence-corrected chi connectivity index (χ1v) is 14.6. The van der Waals surface area contributed by atoms with Crippen LogP contribution in [0, 0.1) is 11.8 Å². The van der Waals surface area contributed by atoms with E-state index in [1.807, 2.05) is 78.9 Å². The van der Waals surface area contributed by atoms with Gasteiger partial charge >= 0.3 is 0 Å². The van der Waals surface area contributed by atoms with Crippen LogP contribution < -0.4 is 9.47 Å². The molecular weight excluding hydrogens is 528 g/mol. The molecule has 1 saturated carbocycles. The van der Waals surface area contributed by atoms with Crippen LogP contribution >= 0.6 is 0 Å². The van der Waals surface area contributed by atoms with E-state index in [1.54, 1.807) is 0 Å². The topological polar surface area (TPSA) is 43.2 Å². The molecule has 43 heavy (non-hydrogen) atoms. The Bertz CT molecular complexity index is 1930. The second kappa shape index (κ2) is 10.7. The molecule has 0 aromatic heterocycles. The van der Waals surface area contributed by atoms with Crippen LogP contribution in [0.3, 0.4) is 0 Å². The molecule has 206 valence electrons. The number of hydrogen-bond acceptors (Lipinski definition) is 4. The fourth-order valence-corrected chi connectivity index (χ4v) is 5.67. The SMILES string of the molecule is C1=CC2CC2C=C1Oc1ccc(C2=Nc3ccccc3C(c3ccc(Oc4ccccc4)cc3)=Nc3ccccc32)cc1. The summed E-state index contributed by atoms with van der Waals surface area (Å²) < 4.78 is 12.2. The lowest BCUT2D eigenvalue weighted by molar-refractivity contribution is 0.438. The Hall–Kier alpha value is -5.48. The van der Waals surface area contributed by atoms with E-state index in [1.165, 1.54) is 6.42 Å². The number of fused-ring (bicyclic) bond motifs is 3. The molecule has 0 radical (unpaired) electrons. The Morgan fingerprint density at radius 2 is 1.00 bits per heavy atom. The van der Waals surface area contributed by atoms with Crippen molar-refractivity contribution in [2.75, 3.05) is 0 Å². The zero-order valence-electron chi connectivity index (χ0n) is 23.4. The van der Waals surface area contributed by atoms with E-state index in [-0.39, 0.29) is 0 Å². The quantitative estimate of drug-likeness (QED) is 0.205.